The van der Waals surface area contributed by atoms with Gasteiger partial charge in [0.25, 0.3) is 21.5 Å². The highest BCUT2D eigenvalue weighted by molar-refractivity contribution is 7.93. The fourth-order valence-corrected chi connectivity index (χ4v) is 8.79. The van der Waals surface area contributed by atoms with Gasteiger partial charge in [-0.3, -0.25) is 4.79 Å². The molecule has 1 aromatic heterocycles. The van der Waals surface area contributed by atoms with Crippen LogP contribution in [0.3, 0.4) is 0 Å². The average Bonchev–Trinajstić information content (AvgIpc) is 3.36. The summed E-state index contributed by atoms with van der Waals surface area (Å²) >= 11 is 0. The number of sulfonamides is 1. The first-order valence-corrected chi connectivity index (χ1v) is 17.6. The van der Waals surface area contributed by atoms with Crippen molar-refractivity contribution in [3.63, 3.8) is 0 Å². The van der Waals surface area contributed by atoms with Crippen LogP contribution >= 0.6 is 0 Å². The fourth-order valence-electron chi connectivity index (χ4n) is 7.17. The number of rotatable bonds is 8. The van der Waals surface area contributed by atoms with Gasteiger partial charge in [0, 0.05) is 24.8 Å². The van der Waals surface area contributed by atoms with Gasteiger partial charge in [0.15, 0.2) is 0 Å². The van der Waals surface area contributed by atoms with Crippen molar-refractivity contribution in [3.05, 3.63) is 77.5 Å². The molecular weight excluding hydrogens is 634 g/mol. The van der Waals surface area contributed by atoms with Crippen molar-refractivity contribution >= 4 is 27.7 Å². The second-order valence-corrected chi connectivity index (χ2v) is 14.1. The van der Waals surface area contributed by atoms with Gasteiger partial charge < -0.3 is 24.0 Å². The van der Waals surface area contributed by atoms with Gasteiger partial charge in [-0.25, -0.2) is 18.2 Å². The van der Waals surface area contributed by atoms with Crippen LogP contribution in [0.5, 0.6) is 11.6 Å². The van der Waals surface area contributed by atoms with Crippen molar-refractivity contribution in [2.45, 2.75) is 43.1 Å². The lowest BCUT2D eigenvalue weighted by atomic mass is 9.79. The van der Waals surface area contributed by atoms with E-state index < -0.39 is 27.6 Å². The largest absolute Gasteiger partial charge is 0.495 e. The minimum atomic E-state index is -4.65. The van der Waals surface area contributed by atoms with Crippen molar-refractivity contribution in [1.82, 2.24) is 14.8 Å². The number of benzene rings is 2. The summed E-state index contributed by atoms with van der Waals surface area (Å²) < 4.78 is 47.0. The number of carbonyl (C=O) groups is 2. The van der Waals surface area contributed by atoms with E-state index in [-0.39, 0.29) is 45.5 Å². The van der Waals surface area contributed by atoms with Crippen LogP contribution in [0.2, 0.25) is 0 Å². The van der Waals surface area contributed by atoms with Gasteiger partial charge in [-0.15, -0.1) is 0 Å². The molecule has 6 rings (SSSR count). The number of piperidine rings is 2. The summed E-state index contributed by atoms with van der Waals surface area (Å²) in [5, 5.41) is 9.88. The molecule has 13 heteroatoms. The maximum absolute atomic E-state index is 15.0. The summed E-state index contributed by atoms with van der Waals surface area (Å²) in [5.74, 6) is 0.0252. The Balaban J connectivity index is 1.45. The molecule has 12 nitrogen and oxygen atoms in total. The molecule has 1 atom stereocenters. The molecule has 2 fully saturated rings. The number of fused-ring (bicyclic) bond motifs is 1. The van der Waals surface area contributed by atoms with Gasteiger partial charge in [0.2, 0.25) is 5.88 Å². The normalized spacial score (nSPS) is 20.7. The Labute approximate surface area is 280 Å². The van der Waals surface area contributed by atoms with Crippen molar-refractivity contribution < 1.29 is 32.2 Å². The Kier molecular flexibility index (Phi) is 9.31. The summed E-state index contributed by atoms with van der Waals surface area (Å²) in [6.45, 7) is 4.88. The van der Waals surface area contributed by atoms with Crippen molar-refractivity contribution in [2.24, 2.45) is 11.8 Å². The number of para-hydroxylation sites is 1. The minimum absolute atomic E-state index is 0.00743. The zero-order valence-corrected chi connectivity index (χ0v) is 28.1. The van der Waals surface area contributed by atoms with Crippen molar-refractivity contribution in [1.29, 1.82) is 5.26 Å². The van der Waals surface area contributed by atoms with E-state index in [1.165, 1.54) is 55.8 Å². The molecular formula is C35H39N5O7S. The van der Waals surface area contributed by atoms with Gasteiger partial charge in [-0.1, -0.05) is 12.1 Å². The summed E-state index contributed by atoms with van der Waals surface area (Å²) in [6, 6.07) is 15.3. The maximum atomic E-state index is 15.0. The Morgan fingerprint density at radius 3 is 2.35 bits per heavy atom. The van der Waals surface area contributed by atoms with Crippen LogP contribution < -0.4 is 13.8 Å². The lowest BCUT2D eigenvalue weighted by Gasteiger charge is -2.40. The van der Waals surface area contributed by atoms with Gasteiger partial charge in [-0.2, -0.15) is 9.57 Å². The van der Waals surface area contributed by atoms with Crippen LogP contribution in [0, 0.1) is 23.2 Å². The summed E-state index contributed by atoms with van der Waals surface area (Å²) in [7, 11) is -1.18. The standard InChI is InChI=1S/C35H39N5O7S/c1-4-46-32-27(8-7-17-37-32)35(47-34(42)39-20-15-26(16-21-39)25-13-18-38(2)19-14-25)28-22-24(23-36)11-12-29(28)40(33(35)41)48(43,44)31-10-6-5-9-30(31)45-3/h5-12,17,22,25-26H,4,13-16,18-21H2,1-3H3. The Morgan fingerprint density at radius 2 is 1.69 bits per heavy atom. The van der Waals surface area contributed by atoms with Crippen LogP contribution in [-0.2, 0) is 25.2 Å². The highest BCUT2D eigenvalue weighted by Crippen LogP contribution is 2.52. The summed E-state index contributed by atoms with van der Waals surface area (Å²) in [6.07, 6.45) is 4.53. The van der Waals surface area contributed by atoms with E-state index in [2.05, 4.69) is 23.0 Å². The molecule has 48 heavy (non-hydrogen) atoms. The first-order chi connectivity index (χ1) is 23.1. The molecule has 2 saturated heterocycles. The first-order valence-electron chi connectivity index (χ1n) is 16.2. The molecule has 0 spiro atoms. The SMILES string of the molecule is CCOc1ncccc1C1(OC(=O)N2CCC(C3CCN(C)CC3)CC2)C(=O)N(S(=O)(=O)c2ccccc2OC)c2ccc(C#N)cc21. The van der Waals surface area contributed by atoms with Gasteiger partial charge in [0.05, 0.1) is 36.6 Å². The van der Waals surface area contributed by atoms with E-state index in [1.807, 2.05) is 0 Å². The third kappa shape index (κ3) is 5.73. The van der Waals surface area contributed by atoms with Crippen LogP contribution in [0.1, 0.15) is 49.3 Å². The number of hydrogen-bond acceptors (Lipinski definition) is 10. The van der Waals surface area contributed by atoms with Crippen LogP contribution in [0.15, 0.2) is 65.7 Å². The lowest BCUT2D eigenvalue weighted by molar-refractivity contribution is -0.132. The Morgan fingerprint density at radius 1 is 1.00 bits per heavy atom. The predicted octanol–water partition coefficient (Wildman–Crippen LogP) is 4.53. The number of nitrogens with zero attached hydrogens (tertiary/aromatic N) is 5. The molecule has 0 radical (unpaired) electrons. The molecule has 0 N–H and O–H groups in total. The zero-order valence-electron chi connectivity index (χ0n) is 27.3. The van der Waals surface area contributed by atoms with Gasteiger partial charge >= 0.3 is 6.09 Å². The van der Waals surface area contributed by atoms with Gasteiger partial charge in [-0.05, 0) is 107 Å². The monoisotopic (exact) mass is 673 g/mol. The van der Waals surface area contributed by atoms with Crippen LogP contribution in [0.4, 0.5) is 10.5 Å². The number of methoxy groups -OCH3 is 1. The number of hydrogen-bond donors (Lipinski definition) is 0. The second kappa shape index (κ2) is 13.4. The Bertz CT molecular complexity index is 1850. The number of anilines is 1. The molecule has 4 heterocycles. The number of nitriles is 1. The lowest BCUT2D eigenvalue weighted by Crippen LogP contribution is -2.50. The number of aromatic nitrogens is 1. The molecule has 0 aliphatic carbocycles. The smallest absolute Gasteiger partial charge is 0.411 e. The third-order valence-electron chi connectivity index (χ3n) is 9.70. The van der Waals surface area contributed by atoms with E-state index in [4.69, 9.17) is 14.2 Å². The summed E-state index contributed by atoms with van der Waals surface area (Å²) in [5.41, 5.74) is -2.23. The highest BCUT2D eigenvalue weighted by Gasteiger charge is 2.61. The number of ether oxygens (including phenoxy) is 3. The van der Waals surface area contributed by atoms with E-state index in [0.717, 1.165) is 38.8 Å². The first kappa shape index (κ1) is 33.2. The summed E-state index contributed by atoms with van der Waals surface area (Å²) in [4.78, 5) is 37.2. The molecule has 2 aromatic carbocycles. The molecule has 0 bridgehead atoms. The molecule has 252 valence electrons. The quantitative estimate of drug-likeness (QED) is 0.335. The van der Waals surface area contributed by atoms with Crippen LogP contribution in [0.25, 0.3) is 0 Å². The molecule has 3 aliphatic rings. The zero-order chi connectivity index (χ0) is 34.1. The van der Waals surface area contributed by atoms with E-state index in [9.17, 15) is 18.5 Å². The predicted molar refractivity (Wildman–Crippen MR) is 176 cm³/mol. The number of likely N-dealkylation sites (tertiary alicyclic amines) is 2. The van der Waals surface area contributed by atoms with E-state index in [0.29, 0.717) is 29.2 Å². The topological polar surface area (TPSA) is 142 Å². The molecule has 3 aliphatic heterocycles. The molecule has 0 saturated carbocycles. The highest BCUT2D eigenvalue weighted by atomic mass is 32.2. The van der Waals surface area contributed by atoms with Crippen LogP contribution in [-0.4, -0.2) is 82.1 Å². The number of pyridine rings is 1. The van der Waals surface area contributed by atoms with E-state index in [1.54, 1.807) is 24.0 Å². The number of carbonyl (C=O) groups excluding carboxylic acids is 2. The van der Waals surface area contributed by atoms with Crippen molar-refractivity contribution in [2.75, 3.05) is 51.2 Å². The third-order valence-corrected chi connectivity index (χ3v) is 11.4. The Hall–Kier alpha value is -4.67. The molecule has 3 aromatic rings. The molecule has 2 amide bonds. The average molecular weight is 674 g/mol. The van der Waals surface area contributed by atoms with Gasteiger partial charge in [0.1, 0.15) is 10.6 Å². The fraction of sp³-hybridized carbons (Fsp3) is 0.429. The van der Waals surface area contributed by atoms with Crippen molar-refractivity contribution in [3.8, 4) is 17.7 Å². The molecule has 1 unspecified atom stereocenters. The second-order valence-electron chi connectivity index (χ2n) is 12.4. The maximum Gasteiger partial charge on any atom is 0.411 e. The number of amides is 2. The van der Waals surface area contributed by atoms with E-state index >= 15 is 4.79 Å². The minimum Gasteiger partial charge on any atom is -0.495 e.